The molecule has 7 heteroatoms. The van der Waals surface area contributed by atoms with Gasteiger partial charge < -0.3 is 5.32 Å². The van der Waals surface area contributed by atoms with E-state index in [1.807, 2.05) is 25.1 Å². The van der Waals surface area contributed by atoms with E-state index in [4.69, 9.17) is 11.6 Å². The van der Waals surface area contributed by atoms with Crippen molar-refractivity contribution in [2.24, 2.45) is 0 Å². The minimum Gasteiger partial charge on any atom is -0.334 e. The molecule has 1 unspecified atom stereocenters. The van der Waals surface area contributed by atoms with Crippen LogP contribution >= 0.6 is 11.6 Å². The van der Waals surface area contributed by atoms with Gasteiger partial charge in [0.1, 0.15) is 0 Å². The van der Waals surface area contributed by atoms with Gasteiger partial charge in [0.05, 0.1) is 0 Å². The number of aromatic nitrogens is 2. The highest BCUT2D eigenvalue weighted by Gasteiger charge is 2.23. The quantitative estimate of drug-likeness (QED) is 0.699. The summed E-state index contributed by atoms with van der Waals surface area (Å²) in [5.74, 6) is 0.409. The number of hydrogen-bond donors (Lipinski definition) is 3. The van der Waals surface area contributed by atoms with Gasteiger partial charge in [-0.1, -0.05) is 55.8 Å². The Kier molecular flexibility index (Phi) is 5.98. The largest absolute Gasteiger partial charge is 0.334 e. The lowest BCUT2D eigenvalue weighted by Gasteiger charge is -2.29. The fourth-order valence-corrected chi connectivity index (χ4v) is 2.69. The van der Waals surface area contributed by atoms with Crippen molar-refractivity contribution < 1.29 is 4.79 Å². The highest BCUT2D eigenvalue weighted by atomic mass is 35.5. The lowest BCUT2D eigenvalue weighted by Crippen LogP contribution is -2.45. The molecular weight excluding hydrogens is 326 g/mol. The number of carbonyl (C=O) groups is 1. The van der Waals surface area contributed by atoms with Gasteiger partial charge in [0.15, 0.2) is 11.0 Å². The fourth-order valence-electron chi connectivity index (χ4n) is 2.59. The maximum atomic E-state index is 12.0. The number of carbonyl (C=O) groups excluding carboxylic acids is 1. The Morgan fingerprint density at radius 2 is 1.88 bits per heavy atom. The van der Waals surface area contributed by atoms with Crippen LogP contribution in [0.5, 0.6) is 0 Å². The van der Waals surface area contributed by atoms with E-state index in [9.17, 15) is 4.79 Å². The Bertz CT molecular complexity index is 660. The number of rotatable bonds is 6. The van der Waals surface area contributed by atoms with Crippen molar-refractivity contribution in [1.82, 2.24) is 20.9 Å². The van der Waals surface area contributed by atoms with E-state index < -0.39 is 0 Å². The second kappa shape index (κ2) is 7.97. The van der Waals surface area contributed by atoms with Crippen LogP contribution in [0.4, 0.5) is 10.6 Å². The molecule has 128 valence electrons. The first-order valence-corrected chi connectivity index (χ1v) is 8.12. The van der Waals surface area contributed by atoms with Gasteiger partial charge in [-0.2, -0.15) is 0 Å². The molecule has 0 aliphatic carbocycles. The molecule has 1 aromatic carbocycles. The maximum absolute atomic E-state index is 12.0. The normalized spacial score (nSPS) is 12.3. The molecule has 0 saturated heterocycles. The lowest BCUT2D eigenvalue weighted by atomic mass is 9.79. The lowest BCUT2D eigenvalue weighted by molar-refractivity contribution is 0.237. The number of benzene rings is 1. The fraction of sp³-hybridized carbons (Fsp3) is 0.353. The molecule has 0 saturated carbocycles. The molecule has 2 rings (SSSR count). The zero-order chi connectivity index (χ0) is 17.6. The van der Waals surface area contributed by atoms with Crippen molar-refractivity contribution in [1.29, 1.82) is 0 Å². The van der Waals surface area contributed by atoms with Crippen LogP contribution < -0.4 is 16.2 Å². The number of nitrogens with zero attached hydrogens (tertiary/aromatic N) is 2. The number of amides is 2. The first-order chi connectivity index (χ1) is 11.4. The molecule has 3 N–H and O–H groups in total. The van der Waals surface area contributed by atoms with Crippen LogP contribution in [0.2, 0.25) is 5.15 Å². The third kappa shape index (κ3) is 5.38. The van der Waals surface area contributed by atoms with Gasteiger partial charge in [-0.25, -0.2) is 4.79 Å². The molecule has 1 heterocycles. The smallest absolute Gasteiger partial charge is 0.333 e. The molecule has 0 aliphatic rings. The number of hydrogen-bond acceptors (Lipinski definition) is 4. The van der Waals surface area contributed by atoms with E-state index in [0.29, 0.717) is 11.0 Å². The second-order valence-corrected chi connectivity index (χ2v) is 6.71. The van der Waals surface area contributed by atoms with E-state index >= 15 is 0 Å². The van der Waals surface area contributed by atoms with Crippen LogP contribution in [-0.4, -0.2) is 22.3 Å². The topological polar surface area (TPSA) is 78.9 Å². The predicted molar refractivity (Wildman–Crippen MR) is 95.9 cm³/mol. The zero-order valence-corrected chi connectivity index (χ0v) is 14.8. The standard InChI is InChI=1S/C17H22ClN5O/c1-12(11-17(2,3)13-7-5-4-6-8-13)19-16(24)23-22-15-10-9-14(18)20-21-15/h4-10,12H,11H2,1-3H3,(H,21,22)(H2,19,23,24). The molecule has 2 amide bonds. The van der Waals surface area contributed by atoms with E-state index in [1.54, 1.807) is 12.1 Å². The minimum absolute atomic E-state index is 0.00157. The van der Waals surface area contributed by atoms with E-state index in [1.165, 1.54) is 5.56 Å². The van der Waals surface area contributed by atoms with Crippen molar-refractivity contribution in [3.8, 4) is 0 Å². The Morgan fingerprint density at radius 3 is 2.50 bits per heavy atom. The van der Waals surface area contributed by atoms with Gasteiger partial charge >= 0.3 is 6.03 Å². The molecule has 0 spiro atoms. The summed E-state index contributed by atoms with van der Waals surface area (Å²) in [7, 11) is 0. The summed E-state index contributed by atoms with van der Waals surface area (Å²) in [6.07, 6.45) is 0.811. The molecule has 0 aliphatic heterocycles. The first kappa shape index (κ1) is 18.0. The van der Waals surface area contributed by atoms with Gasteiger partial charge in [0.2, 0.25) is 0 Å². The van der Waals surface area contributed by atoms with Crippen molar-refractivity contribution in [3.05, 3.63) is 53.2 Å². The van der Waals surface area contributed by atoms with Crippen LogP contribution in [0.25, 0.3) is 0 Å². The molecule has 6 nitrogen and oxygen atoms in total. The van der Waals surface area contributed by atoms with Crippen LogP contribution in [0, 0.1) is 0 Å². The average Bonchev–Trinajstić information content (AvgIpc) is 2.54. The molecule has 0 radical (unpaired) electrons. The van der Waals surface area contributed by atoms with Crippen LogP contribution in [-0.2, 0) is 5.41 Å². The third-order valence-corrected chi connectivity index (χ3v) is 3.89. The molecule has 24 heavy (non-hydrogen) atoms. The monoisotopic (exact) mass is 347 g/mol. The van der Waals surface area contributed by atoms with Crippen LogP contribution in [0.3, 0.4) is 0 Å². The summed E-state index contributed by atoms with van der Waals surface area (Å²) in [6.45, 7) is 6.31. The Balaban J connectivity index is 1.82. The number of nitrogens with one attached hydrogen (secondary N) is 3. The van der Waals surface area contributed by atoms with E-state index in [-0.39, 0.29) is 17.5 Å². The summed E-state index contributed by atoms with van der Waals surface area (Å²) >= 11 is 5.65. The van der Waals surface area contributed by atoms with Crippen LogP contribution in [0.1, 0.15) is 32.8 Å². The summed E-state index contributed by atoms with van der Waals surface area (Å²) in [4.78, 5) is 12.0. The number of urea groups is 1. The van der Waals surface area contributed by atoms with Crippen molar-refractivity contribution in [2.45, 2.75) is 38.6 Å². The van der Waals surface area contributed by atoms with Crippen molar-refractivity contribution in [3.63, 3.8) is 0 Å². The highest BCUT2D eigenvalue weighted by molar-refractivity contribution is 6.29. The summed E-state index contributed by atoms with van der Waals surface area (Å²) in [6, 6.07) is 13.1. The van der Waals surface area contributed by atoms with Gasteiger partial charge in [0, 0.05) is 6.04 Å². The van der Waals surface area contributed by atoms with Gasteiger partial charge in [-0.3, -0.25) is 10.9 Å². The average molecular weight is 348 g/mol. The maximum Gasteiger partial charge on any atom is 0.333 e. The number of halogens is 1. The Morgan fingerprint density at radius 1 is 1.17 bits per heavy atom. The highest BCUT2D eigenvalue weighted by Crippen LogP contribution is 2.28. The van der Waals surface area contributed by atoms with Gasteiger partial charge in [0.25, 0.3) is 0 Å². The number of anilines is 1. The van der Waals surface area contributed by atoms with Crippen molar-refractivity contribution >= 4 is 23.4 Å². The number of hydrazine groups is 1. The Labute approximate surface area is 147 Å². The molecule has 2 aromatic rings. The van der Waals surface area contributed by atoms with Gasteiger partial charge in [-0.05, 0) is 36.5 Å². The van der Waals surface area contributed by atoms with Crippen molar-refractivity contribution in [2.75, 3.05) is 5.43 Å². The van der Waals surface area contributed by atoms with E-state index in [0.717, 1.165) is 6.42 Å². The summed E-state index contributed by atoms with van der Waals surface area (Å²) < 4.78 is 0. The van der Waals surface area contributed by atoms with Crippen LogP contribution in [0.15, 0.2) is 42.5 Å². The molecule has 0 fully saturated rings. The first-order valence-electron chi connectivity index (χ1n) is 7.74. The van der Waals surface area contributed by atoms with Gasteiger partial charge in [-0.15, -0.1) is 10.2 Å². The third-order valence-electron chi connectivity index (χ3n) is 3.69. The second-order valence-electron chi connectivity index (χ2n) is 6.32. The predicted octanol–water partition coefficient (Wildman–Crippen LogP) is 3.51. The minimum atomic E-state index is -0.330. The summed E-state index contributed by atoms with van der Waals surface area (Å²) in [5.41, 5.74) is 6.41. The van der Waals surface area contributed by atoms with E-state index in [2.05, 4.69) is 52.3 Å². The molecular formula is C17H22ClN5O. The molecule has 0 bridgehead atoms. The Hall–Kier alpha value is -2.34. The summed E-state index contributed by atoms with van der Waals surface area (Å²) in [5, 5.41) is 10.7. The SMILES string of the molecule is CC(CC(C)(C)c1ccccc1)NC(=O)NNc1ccc(Cl)nn1. The molecule has 1 atom stereocenters. The molecule has 1 aromatic heterocycles. The zero-order valence-electron chi connectivity index (χ0n) is 14.0.